The number of hydrogen-bond donors (Lipinski definition) is 2. The molecule has 7 nitrogen and oxygen atoms in total. The van der Waals surface area contributed by atoms with Gasteiger partial charge in [0, 0.05) is 47.9 Å². The lowest BCUT2D eigenvalue weighted by Crippen LogP contribution is -2.24. The molecule has 0 saturated carbocycles. The second-order valence-electron chi connectivity index (χ2n) is 9.45. The quantitative estimate of drug-likeness (QED) is 0.248. The first-order chi connectivity index (χ1) is 18.4. The van der Waals surface area contributed by atoms with E-state index in [0.717, 1.165) is 42.5 Å². The van der Waals surface area contributed by atoms with Crippen molar-refractivity contribution in [2.24, 2.45) is 0 Å². The summed E-state index contributed by atoms with van der Waals surface area (Å²) < 4.78 is 28.0. The second-order valence-corrected chi connectivity index (χ2v) is 11.2. The van der Waals surface area contributed by atoms with Crippen LogP contribution < -0.4 is 0 Å². The minimum absolute atomic E-state index is 0.105. The van der Waals surface area contributed by atoms with Gasteiger partial charge in [-0.05, 0) is 42.0 Å². The summed E-state index contributed by atoms with van der Waals surface area (Å²) in [6, 6.07) is 15.6. The molecule has 1 saturated heterocycles. The predicted molar refractivity (Wildman–Crippen MR) is 145 cm³/mol. The molecule has 0 aliphatic carbocycles. The Balaban J connectivity index is 1.24. The zero-order valence-electron chi connectivity index (χ0n) is 19.9. The Morgan fingerprint density at radius 1 is 1.03 bits per heavy atom. The van der Waals surface area contributed by atoms with Crippen LogP contribution in [0, 0.1) is 0 Å². The van der Waals surface area contributed by atoms with Crippen molar-refractivity contribution in [2.75, 3.05) is 13.1 Å². The third kappa shape index (κ3) is 4.24. The highest BCUT2D eigenvalue weighted by atomic mass is 35.5. The van der Waals surface area contributed by atoms with Gasteiger partial charge in [0.15, 0.2) is 11.5 Å². The van der Waals surface area contributed by atoms with Crippen LogP contribution in [0.3, 0.4) is 0 Å². The van der Waals surface area contributed by atoms with E-state index in [2.05, 4.69) is 20.2 Å². The number of alkyl halides is 2. The standard InChI is InChI=1S/C27H20ClF2N7S/c28-22-7-6-21(38-22)17-2-1-3-19-23(17)34-26(33-19)25-24-20(35-36-25)5-4-18(32-24)16-10-15(11-31-12-16)13-37-9-8-27(29,30)14-37/h1-7,10-12H,8-9,13-14H2,(H,33,34)(H,35,36). The van der Waals surface area contributed by atoms with Crippen LogP contribution in [0.25, 0.3) is 55.3 Å². The second kappa shape index (κ2) is 8.93. The van der Waals surface area contributed by atoms with Crippen molar-refractivity contribution in [3.63, 3.8) is 0 Å². The largest absolute Gasteiger partial charge is 0.336 e. The molecule has 38 heavy (non-hydrogen) atoms. The van der Waals surface area contributed by atoms with Crippen LogP contribution in [0.2, 0.25) is 4.34 Å². The van der Waals surface area contributed by atoms with Crippen LogP contribution >= 0.6 is 22.9 Å². The van der Waals surface area contributed by atoms with Gasteiger partial charge in [-0.2, -0.15) is 5.10 Å². The van der Waals surface area contributed by atoms with Gasteiger partial charge in [0.05, 0.1) is 33.1 Å². The predicted octanol–water partition coefficient (Wildman–Crippen LogP) is 6.79. The van der Waals surface area contributed by atoms with Crippen LogP contribution in [0.15, 0.2) is 60.9 Å². The van der Waals surface area contributed by atoms with Crippen LogP contribution in [0.1, 0.15) is 12.0 Å². The minimum Gasteiger partial charge on any atom is -0.336 e. The van der Waals surface area contributed by atoms with E-state index >= 15 is 0 Å². The Morgan fingerprint density at radius 2 is 1.95 bits per heavy atom. The molecule has 11 heteroatoms. The van der Waals surface area contributed by atoms with E-state index in [-0.39, 0.29) is 13.0 Å². The van der Waals surface area contributed by atoms with Crippen molar-refractivity contribution in [1.82, 2.24) is 35.0 Å². The number of hydrogen-bond acceptors (Lipinski definition) is 6. The number of para-hydroxylation sites is 1. The number of likely N-dealkylation sites (tertiary alicyclic amines) is 1. The fourth-order valence-corrected chi connectivity index (χ4v) is 6.01. The van der Waals surface area contributed by atoms with Gasteiger partial charge in [0.25, 0.3) is 5.92 Å². The molecule has 1 fully saturated rings. The summed E-state index contributed by atoms with van der Waals surface area (Å²) in [5.74, 6) is -2.02. The van der Waals surface area contributed by atoms with Crippen molar-refractivity contribution >= 4 is 45.0 Å². The number of H-pyrrole nitrogens is 2. The Labute approximate surface area is 224 Å². The number of imidazole rings is 1. The first-order valence-electron chi connectivity index (χ1n) is 12.1. The maximum Gasteiger partial charge on any atom is 0.261 e. The zero-order chi connectivity index (χ0) is 25.9. The molecule has 0 atom stereocenters. The molecule has 5 aromatic heterocycles. The highest BCUT2D eigenvalue weighted by Crippen LogP contribution is 2.36. The maximum absolute atomic E-state index is 13.6. The van der Waals surface area contributed by atoms with Gasteiger partial charge in [0.2, 0.25) is 0 Å². The van der Waals surface area contributed by atoms with Crippen molar-refractivity contribution in [3.05, 3.63) is 70.8 Å². The number of benzene rings is 1. The number of aromatic nitrogens is 6. The Bertz CT molecular complexity index is 1810. The molecule has 0 amide bonds. The number of thiophene rings is 1. The van der Waals surface area contributed by atoms with E-state index in [9.17, 15) is 8.78 Å². The summed E-state index contributed by atoms with van der Waals surface area (Å²) in [5, 5.41) is 7.55. The number of rotatable bonds is 5. The molecule has 0 spiro atoms. The number of nitrogens with one attached hydrogen (secondary N) is 2. The van der Waals surface area contributed by atoms with Gasteiger partial charge in [-0.25, -0.2) is 18.7 Å². The number of aromatic amines is 2. The summed E-state index contributed by atoms with van der Waals surface area (Å²) in [6.45, 7) is 0.573. The average molecular weight is 548 g/mol. The van der Waals surface area contributed by atoms with Crippen LogP contribution in [0.4, 0.5) is 8.78 Å². The SMILES string of the molecule is FC1(F)CCN(Cc2cncc(-c3ccc4[nH]nc(-c5nc6c(-c7ccc(Cl)s7)cccc6[nH]5)c4n3)c2)C1. The Morgan fingerprint density at radius 3 is 2.76 bits per heavy atom. The number of halogens is 3. The van der Waals surface area contributed by atoms with Gasteiger partial charge < -0.3 is 4.98 Å². The van der Waals surface area contributed by atoms with Gasteiger partial charge in [-0.3, -0.25) is 15.0 Å². The smallest absolute Gasteiger partial charge is 0.261 e. The Kier molecular flexibility index (Phi) is 5.50. The zero-order valence-corrected chi connectivity index (χ0v) is 21.5. The van der Waals surface area contributed by atoms with Crippen molar-refractivity contribution < 1.29 is 8.78 Å². The van der Waals surface area contributed by atoms with E-state index in [1.807, 2.05) is 48.5 Å². The van der Waals surface area contributed by atoms with Gasteiger partial charge >= 0.3 is 0 Å². The molecule has 0 bridgehead atoms. The maximum atomic E-state index is 13.6. The third-order valence-corrected chi connectivity index (χ3v) is 7.99. The van der Waals surface area contributed by atoms with Crippen LogP contribution in [-0.4, -0.2) is 54.0 Å². The topological polar surface area (TPSA) is 86.4 Å². The lowest BCUT2D eigenvalue weighted by molar-refractivity contribution is 0.0115. The van der Waals surface area contributed by atoms with Crippen LogP contribution in [-0.2, 0) is 6.54 Å². The van der Waals surface area contributed by atoms with Gasteiger partial charge in [0.1, 0.15) is 5.52 Å². The normalized spacial score (nSPS) is 15.7. The molecular weight excluding hydrogens is 528 g/mol. The summed E-state index contributed by atoms with van der Waals surface area (Å²) in [4.78, 5) is 20.3. The summed E-state index contributed by atoms with van der Waals surface area (Å²) in [7, 11) is 0. The molecular formula is C27H20ClF2N7S. The minimum atomic E-state index is -2.62. The van der Waals surface area contributed by atoms with E-state index in [1.54, 1.807) is 17.3 Å². The first kappa shape index (κ1) is 23.4. The fourth-order valence-electron chi connectivity index (χ4n) is 4.94. The third-order valence-electron chi connectivity index (χ3n) is 6.73. The van der Waals surface area contributed by atoms with Gasteiger partial charge in [-0.15, -0.1) is 11.3 Å². The van der Waals surface area contributed by atoms with E-state index in [0.29, 0.717) is 35.8 Å². The molecule has 6 aromatic rings. The molecule has 2 N–H and O–H groups in total. The molecule has 0 radical (unpaired) electrons. The van der Waals surface area contributed by atoms with E-state index < -0.39 is 5.92 Å². The summed E-state index contributed by atoms with van der Waals surface area (Å²) in [5.41, 5.74) is 7.16. The molecule has 1 aromatic carbocycles. The lowest BCUT2D eigenvalue weighted by atomic mass is 10.1. The molecule has 1 aliphatic heterocycles. The van der Waals surface area contributed by atoms with Crippen molar-refractivity contribution in [3.8, 4) is 33.2 Å². The highest BCUT2D eigenvalue weighted by Gasteiger charge is 2.37. The number of pyridine rings is 2. The molecule has 0 unspecified atom stereocenters. The number of fused-ring (bicyclic) bond motifs is 2. The van der Waals surface area contributed by atoms with Gasteiger partial charge in [-0.1, -0.05) is 23.7 Å². The lowest BCUT2D eigenvalue weighted by Gasteiger charge is -2.15. The number of nitrogens with zero attached hydrogens (tertiary/aromatic N) is 5. The molecule has 1 aliphatic rings. The average Bonchev–Trinajstić information content (AvgIpc) is 3.69. The first-order valence-corrected chi connectivity index (χ1v) is 13.3. The van der Waals surface area contributed by atoms with E-state index in [1.165, 1.54) is 11.3 Å². The molecule has 7 rings (SSSR count). The van der Waals surface area contributed by atoms with Crippen molar-refractivity contribution in [1.29, 1.82) is 0 Å². The Hall–Kier alpha value is -3.73. The summed E-state index contributed by atoms with van der Waals surface area (Å²) >= 11 is 7.68. The van der Waals surface area contributed by atoms with Crippen molar-refractivity contribution in [2.45, 2.75) is 18.9 Å². The highest BCUT2D eigenvalue weighted by molar-refractivity contribution is 7.19. The monoisotopic (exact) mass is 547 g/mol. The summed E-state index contributed by atoms with van der Waals surface area (Å²) in [6.07, 6.45) is 3.34. The molecule has 190 valence electrons. The molecule has 6 heterocycles. The van der Waals surface area contributed by atoms with Crippen LogP contribution in [0.5, 0.6) is 0 Å². The fraction of sp³-hybridized carbons (Fsp3) is 0.185. The van der Waals surface area contributed by atoms with E-state index in [4.69, 9.17) is 21.6 Å².